The van der Waals surface area contributed by atoms with Crippen LogP contribution in [0.15, 0.2) is 60.8 Å². The van der Waals surface area contributed by atoms with Crippen LogP contribution in [0.4, 0.5) is 16.3 Å². The summed E-state index contributed by atoms with van der Waals surface area (Å²) in [4.78, 5) is 61.8. The lowest BCUT2D eigenvalue weighted by Gasteiger charge is -2.39. The first-order valence-corrected chi connectivity index (χ1v) is 17.5. The molecule has 11 nitrogen and oxygen atoms in total. The summed E-state index contributed by atoms with van der Waals surface area (Å²) in [6, 6.07) is 17.3. The Morgan fingerprint density at radius 1 is 0.960 bits per heavy atom. The molecule has 3 heterocycles. The molecule has 3 aliphatic rings. The Morgan fingerprint density at radius 3 is 2.36 bits per heavy atom. The maximum absolute atomic E-state index is 14.5. The Hall–Kier alpha value is -4.77. The van der Waals surface area contributed by atoms with Crippen LogP contribution in [0.5, 0.6) is 0 Å². The van der Waals surface area contributed by atoms with Crippen molar-refractivity contribution in [3.05, 3.63) is 88.6 Å². The number of pyridine rings is 1. The van der Waals surface area contributed by atoms with Crippen molar-refractivity contribution in [2.75, 3.05) is 37.3 Å². The van der Waals surface area contributed by atoms with E-state index in [1.165, 1.54) is 4.90 Å². The lowest BCUT2D eigenvalue weighted by molar-refractivity contribution is -0.146. The van der Waals surface area contributed by atoms with E-state index in [0.29, 0.717) is 43.6 Å². The zero-order chi connectivity index (χ0) is 35.7. The summed E-state index contributed by atoms with van der Waals surface area (Å²) in [5.74, 6) is 0.216. The number of anilines is 2. The number of fused-ring (bicyclic) bond motifs is 3. The standard InChI is InChI=1S/C39H48N6O5/c1-6-38(15-18-40-19-16-38)35(48)45(24-28-11-8-7-10-27(28)23-44(5)36(49)50-37(2,3)4)25-32(46)42-30-14-13-26-21-39(22-29(26)20-30)31-12-9-17-41-33(31)43-34(39)47/h7-14,17,20,40H,6,15-16,18-19,21-25H2,1-5H3,(H,42,46)(H,41,43,47)/t39-/m1/s1. The number of hydrogen-bond donors (Lipinski definition) is 3. The number of rotatable bonds is 9. The number of nitrogens with zero attached hydrogens (tertiary/aromatic N) is 3. The van der Waals surface area contributed by atoms with E-state index in [1.54, 1.807) is 18.1 Å². The molecule has 3 aromatic rings. The van der Waals surface area contributed by atoms with E-state index in [-0.39, 0.29) is 37.4 Å². The Morgan fingerprint density at radius 2 is 1.66 bits per heavy atom. The van der Waals surface area contributed by atoms with Crippen LogP contribution in [-0.4, -0.2) is 70.9 Å². The molecule has 50 heavy (non-hydrogen) atoms. The molecule has 0 saturated carbocycles. The van der Waals surface area contributed by atoms with Gasteiger partial charge in [0, 0.05) is 37.6 Å². The number of nitrogens with one attached hydrogen (secondary N) is 3. The first kappa shape index (κ1) is 35.1. The molecule has 1 saturated heterocycles. The SMILES string of the molecule is CCC1(C(=O)N(CC(=O)Nc2ccc3c(c2)C[C@@]2(C3)C(=O)Nc3ncccc32)Cc2ccccc2CN(C)C(=O)OC(C)(C)C)CCNCC1. The smallest absolute Gasteiger partial charge is 0.410 e. The van der Waals surface area contributed by atoms with E-state index in [1.807, 2.05) is 82.3 Å². The minimum absolute atomic E-state index is 0.0395. The van der Waals surface area contributed by atoms with Gasteiger partial charge in [-0.1, -0.05) is 43.3 Å². The van der Waals surface area contributed by atoms with Crippen molar-refractivity contribution in [2.24, 2.45) is 5.41 Å². The molecular weight excluding hydrogens is 632 g/mol. The highest BCUT2D eigenvalue weighted by molar-refractivity contribution is 6.06. The fraction of sp³-hybridized carbons (Fsp3) is 0.462. The fourth-order valence-corrected chi connectivity index (χ4v) is 7.61. The maximum Gasteiger partial charge on any atom is 0.410 e. The van der Waals surface area contributed by atoms with Gasteiger partial charge < -0.3 is 30.5 Å². The first-order chi connectivity index (χ1) is 23.8. The molecule has 11 heteroatoms. The van der Waals surface area contributed by atoms with Crippen molar-refractivity contribution in [2.45, 2.75) is 83.9 Å². The predicted molar refractivity (Wildman–Crippen MR) is 191 cm³/mol. The molecule has 1 aromatic heterocycles. The summed E-state index contributed by atoms with van der Waals surface area (Å²) in [6.45, 7) is 9.39. The van der Waals surface area contributed by atoms with E-state index in [4.69, 9.17) is 4.74 Å². The van der Waals surface area contributed by atoms with Gasteiger partial charge >= 0.3 is 6.09 Å². The summed E-state index contributed by atoms with van der Waals surface area (Å²) in [7, 11) is 1.69. The lowest BCUT2D eigenvalue weighted by atomic mass is 9.75. The summed E-state index contributed by atoms with van der Waals surface area (Å²) < 4.78 is 5.56. The lowest BCUT2D eigenvalue weighted by Crippen LogP contribution is -2.50. The quantitative estimate of drug-likeness (QED) is 0.284. The molecule has 264 valence electrons. The third-order valence-electron chi connectivity index (χ3n) is 10.4. The van der Waals surface area contributed by atoms with Crippen LogP contribution >= 0.6 is 0 Å². The largest absolute Gasteiger partial charge is 0.444 e. The molecular formula is C39H48N6O5. The molecule has 0 bridgehead atoms. The van der Waals surface area contributed by atoms with Gasteiger partial charge in [-0.05, 0) is 106 Å². The number of ether oxygens (including phenoxy) is 1. The van der Waals surface area contributed by atoms with Gasteiger partial charge in [0.1, 0.15) is 18.0 Å². The van der Waals surface area contributed by atoms with Gasteiger partial charge in [-0.2, -0.15) is 0 Å². The van der Waals surface area contributed by atoms with Gasteiger partial charge in [0.25, 0.3) is 0 Å². The van der Waals surface area contributed by atoms with Crippen LogP contribution in [0.1, 0.15) is 74.8 Å². The minimum Gasteiger partial charge on any atom is -0.444 e. The number of aromatic nitrogens is 1. The maximum atomic E-state index is 14.5. The number of carbonyl (C=O) groups is 4. The predicted octanol–water partition coefficient (Wildman–Crippen LogP) is 5.18. The van der Waals surface area contributed by atoms with E-state index >= 15 is 0 Å². The van der Waals surface area contributed by atoms with Gasteiger partial charge in [-0.3, -0.25) is 14.4 Å². The highest BCUT2D eigenvalue weighted by Crippen LogP contribution is 2.47. The van der Waals surface area contributed by atoms with E-state index in [9.17, 15) is 19.2 Å². The van der Waals surface area contributed by atoms with E-state index < -0.39 is 22.5 Å². The van der Waals surface area contributed by atoms with Gasteiger partial charge in [0.15, 0.2) is 0 Å². The van der Waals surface area contributed by atoms with Crippen LogP contribution in [0.25, 0.3) is 0 Å². The van der Waals surface area contributed by atoms with Crippen molar-refractivity contribution in [1.82, 2.24) is 20.1 Å². The van der Waals surface area contributed by atoms with Gasteiger partial charge in [0.05, 0.1) is 10.8 Å². The molecule has 1 aliphatic carbocycles. The third-order valence-corrected chi connectivity index (χ3v) is 10.4. The molecule has 6 rings (SSSR count). The van der Waals surface area contributed by atoms with E-state index in [2.05, 4.69) is 20.9 Å². The van der Waals surface area contributed by atoms with Crippen LogP contribution in [0.2, 0.25) is 0 Å². The van der Waals surface area contributed by atoms with Gasteiger partial charge in [0.2, 0.25) is 17.7 Å². The first-order valence-electron chi connectivity index (χ1n) is 17.5. The molecule has 1 spiro atoms. The average molecular weight is 681 g/mol. The fourth-order valence-electron chi connectivity index (χ4n) is 7.61. The Kier molecular flexibility index (Phi) is 9.72. The van der Waals surface area contributed by atoms with Crippen LogP contribution in [0.3, 0.4) is 0 Å². The van der Waals surface area contributed by atoms with Crippen molar-refractivity contribution in [3.8, 4) is 0 Å². The average Bonchev–Trinajstić information content (AvgIpc) is 3.60. The summed E-state index contributed by atoms with van der Waals surface area (Å²) >= 11 is 0. The molecule has 3 N–H and O–H groups in total. The second-order valence-corrected chi connectivity index (χ2v) is 15.0. The summed E-state index contributed by atoms with van der Waals surface area (Å²) in [5, 5.41) is 9.35. The number of hydrogen-bond acceptors (Lipinski definition) is 7. The topological polar surface area (TPSA) is 133 Å². The monoisotopic (exact) mass is 680 g/mol. The molecule has 1 fully saturated rings. The van der Waals surface area contributed by atoms with Crippen LogP contribution in [0, 0.1) is 5.41 Å². The number of piperidine rings is 1. The number of carbonyl (C=O) groups excluding carboxylic acids is 4. The molecule has 4 amide bonds. The van der Waals surface area contributed by atoms with Crippen molar-refractivity contribution < 1.29 is 23.9 Å². The molecule has 0 radical (unpaired) electrons. The molecule has 1 atom stereocenters. The van der Waals surface area contributed by atoms with Gasteiger partial charge in [-0.25, -0.2) is 9.78 Å². The highest BCUT2D eigenvalue weighted by Gasteiger charge is 2.51. The Bertz CT molecular complexity index is 1800. The van der Waals surface area contributed by atoms with Crippen molar-refractivity contribution in [1.29, 1.82) is 0 Å². The summed E-state index contributed by atoms with van der Waals surface area (Å²) in [6.07, 6.45) is 4.39. The van der Waals surface area contributed by atoms with Crippen molar-refractivity contribution in [3.63, 3.8) is 0 Å². The van der Waals surface area contributed by atoms with Gasteiger partial charge in [-0.15, -0.1) is 0 Å². The zero-order valence-corrected chi connectivity index (χ0v) is 29.7. The Labute approximate surface area is 294 Å². The minimum atomic E-state index is -0.702. The Balaban J connectivity index is 1.21. The second kappa shape index (κ2) is 13.9. The van der Waals surface area contributed by atoms with Crippen molar-refractivity contribution >= 4 is 35.3 Å². The van der Waals surface area contributed by atoms with E-state index in [0.717, 1.165) is 40.9 Å². The molecule has 0 unspecified atom stereocenters. The number of amides is 4. The third kappa shape index (κ3) is 7.10. The summed E-state index contributed by atoms with van der Waals surface area (Å²) in [5.41, 5.74) is 3.43. The number of benzene rings is 2. The molecule has 2 aliphatic heterocycles. The zero-order valence-electron chi connectivity index (χ0n) is 29.7. The molecule has 2 aromatic carbocycles. The van der Waals surface area contributed by atoms with Crippen LogP contribution in [-0.2, 0) is 50.5 Å². The van der Waals surface area contributed by atoms with Crippen LogP contribution < -0.4 is 16.0 Å². The highest BCUT2D eigenvalue weighted by atomic mass is 16.6. The normalized spacial score (nSPS) is 18.9. The second-order valence-electron chi connectivity index (χ2n) is 15.0.